The topological polar surface area (TPSA) is 115 Å². The van der Waals surface area contributed by atoms with Crippen LogP contribution in [0.3, 0.4) is 0 Å². The Morgan fingerprint density at radius 2 is 1.73 bits per heavy atom. The van der Waals surface area contributed by atoms with Gasteiger partial charge >= 0.3 is 6.61 Å². The lowest BCUT2D eigenvalue weighted by Gasteiger charge is -2.10. The van der Waals surface area contributed by atoms with E-state index in [9.17, 15) is 18.4 Å². The summed E-state index contributed by atoms with van der Waals surface area (Å²) in [6, 6.07) is 12.0. The summed E-state index contributed by atoms with van der Waals surface area (Å²) in [6.45, 7) is -2.77. The van der Waals surface area contributed by atoms with E-state index >= 15 is 0 Å². The van der Waals surface area contributed by atoms with Gasteiger partial charge in [-0.1, -0.05) is 0 Å². The maximum absolute atomic E-state index is 12.7. The Hall–Kier alpha value is -3.99. The number of amides is 2. The van der Waals surface area contributed by atoms with Crippen molar-refractivity contribution >= 4 is 17.8 Å². The number of carbonyl (C=O) groups is 2. The molecule has 3 aromatic rings. The van der Waals surface area contributed by atoms with Crippen molar-refractivity contribution in [2.45, 2.75) is 13.0 Å². The number of nitrogens with zero attached hydrogens (tertiary/aromatic N) is 2. The average Bonchev–Trinajstić information content (AvgIpc) is 3.23. The van der Waals surface area contributed by atoms with E-state index in [0.29, 0.717) is 17.9 Å². The van der Waals surface area contributed by atoms with Crippen molar-refractivity contribution in [3.05, 3.63) is 66.0 Å². The number of hydrogen-bond donors (Lipinski definition) is 3. The zero-order valence-electron chi connectivity index (χ0n) is 17.6. The van der Waals surface area contributed by atoms with E-state index in [0.717, 1.165) is 0 Å². The van der Waals surface area contributed by atoms with Crippen molar-refractivity contribution < 1.29 is 33.0 Å². The predicted molar refractivity (Wildman–Crippen MR) is 115 cm³/mol. The highest BCUT2D eigenvalue weighted by Gasteiger charge is 2.18. The van der Waals surface area contributed by atoms with Gasteiger partial charge in [-0.2, -0.15) is 8.78 Å². The van der Waals surface area contributed by atoms with Gasteiger partial charge in [0.15, 0.2) is 0 Å². The number of hydrogen-bond acceptors (Lipinski definition) is 6. The summed E-state index contributed by atoms with van der Waals surface area (Å²) >= 11 is 0. The first-order chi connectivity index (χ1) is 15.9. The Bertz CT molecular complexity index is 1090. The summed E-state index contributed by atoms with van der Waals surface area (Å²) in [5, 5.41) is 14.1. The third kappa shape index (κ3) is 6.26. The van der Waals surface area contributed by atoms with Crippen LogP contribution in [0.5, 0.6) is 11.5 Å². The Morgan fingerprint density at radius 1 is 1.06 bits per heavy atom. The highest BCUT2D eigenvalue weighted by atomic mass is 19.3. The van der Waals surface area contributed by atoms with E-state index in [1.165, 1.54) is 42.1 Å². The third-order valence-electron chi connectivity index (χ3n) is 4.48. The van der Waals surface area contributed by atoms with Crippen molar-refractivity contribution in [2.24, 2.45) is 0 Å². The molecule has 9 nitrogen and oxygen atoms in total. The van der Waals surface area contributed by atoms with E-state index in [1.807, 2.05) is 0 Å². The van der Waals surface area contributed by atoms with Crippen LogP contribution >= 0.6 is 0 Å². The van der Waals surface area contributed by atoms with Crippen LogP contribution in [0.2, 0.25) is 0 Å². The fraction of sp³-hybridized carbons (Fsp3) is 0.227. The zero-order valence-corrected chi connectivity index (χ0v) is 17.6. The lowest BCUT2D eigenvalue weighted by atomic mass is 10.2. The Morgan fingerprint density at radius 3 is 2.33 bits per heavy atom. The Kier molecular flexibility index (Phi) is 7.92. The second-order valence-electron chi connectivity index (χ2n) is 6.71. The molecule has 0 aliphatic carbocycles. The van der Waals surface area contributed by atoms with E-state index in [2.05, 4.69) is 20.4 Å². The molecule has 1 aromatic heterocycles. The maximum atomic E-state index is 12.7. The predicted octanol–water partition coefficient (Wildman–Crippen LogP) is 2.85. The first-order valence-corrected chi connectivity index (χ1v) is 9.90. The third-order valence-corrected chi connectivity index (χ3v) is 4.48. The highest BCUT2D eigenvalue weighted by Crippen LogP contribution is 2.21. The second-order valence-corrected chi connectivity index (χ2v) is 6.71. The van der Waals surface area contributed by atoms with Crippen molar-refractivity contribution in [3.8, 4) is 17.2 Å². The number of anilines is 1. The van der Waals surface area contributed by atoms with Gasteiger partial charge in [0, 0.05) is 30.6 Å². The summed E-state index contributed by atoms with van der Waals surface area (Å²) in [5.41, 5.74) is 0.836. The van der Waals surface area contributed by atoms with Crippen molar-refractivity contribution in [2.75, 3.05) is 25.6 Å². The molecule has 3 rings (SSSR count). The standard InChI is InChI=1S/C22H22F2N4O5/c1-32-16-9-5-15(6-10-16)28-13-18(20(31)25-11-2-12-29)26-22(28)27-19(30)14-3-7-17(8-4-14)33-21(23)24/h3-10,13,21,29H,2,11-12H2,1H3,(H,25,31)(H,26,27,30). The molecule has 0 fully saturated rings. The average molecular weight is 460 g/mol. The highest BCUT2D eigenvalue weighted by molar-refractivity contribution is 6.04. The van der Waals surface area contributed by atoms with Gasteiger partial charge in [0.25, 0.3) is 11.8 Å². The van der Waals surface area contributed by atoms with Crippen LogP contribution in [-0.2, 0) is 0 Å². The molecule has 3 N–H and O–H groups in total. The molecule has 0 unspecified atom stereocenters. The number of ether oxygens (including phenoxy) is 2. The molecule has 0 radical (unpaired) electrons. The van der Waals surface area contributed by atoms with Crippen LogP contribution in [0.1, 0.15) is 27.3 Å². The number of carbonyl (C=O) groups excluding carboxylic acids is 2. The number of imidazole rings is 1. The summed E-state index contributed by atoms with van der Waals surface area (Å²) in [7, 11) is 1.53. The lowest BCUT2D eigenvalue weighted by Crippen LogP contribution is -2.25. The minimum atomic E-state index is -2.97. The molecule has 0 bridgehead atoms. The van der Waals surface area contributed by atoms with Crippen LogP contribution in [0.4, 0.5) is 14.7 Å². The summed E-state index contributed by atoms with van der Waals surface area (Å²) in [5.74, 6) is -0.420. The molecule has 0 saturated carbocycles. The van der Waals surface area contributed by atoms with Gasteiger partial charge in [0.05, 0.1) is 7.11 Å². The van der Waals surface area contributed by atoms with Gasteiger partial charge in [-0.3, -0.25) is 19.5 Å². The van der Waals surface area contributed by atoms with Crippen LogP contribution in [0.25, 0.3) is 5.69 Å². The maximum Gasteiger partial charge on any atom is 0.387 e. The van der Waals surface area contributed by atoms with Gasteiger partial charge in [-0.15, -0.1) is 0 Å². The number of nitrogens with one attached hydrogen (secondary N) is 2. The quantitative estimate of drug-likeness (QED) is 0.401. The molecule has 0 spiro atoms. The van der Waals surface area contributed by atoms with Gasteiger partial charge in [-0.25, -0.2) is 4.98 Å². The molecule has 2 aromatic carbocycles. The van der Waals surface area contributed by atoms with E-state index in [4.69, 9.17) is 9.84 Å². The molecule has 2 amide bonds. The van der Waals surface area contributed by atoms with Crippen LogP contribution in [0, 0.1) is 0 Å². The number of halogens is 2. The molecule has 11 heteroatoms. The normalized spacial score (nSPS) is 10.7. The Labute approximate surface area is 188 Å². The fourth-order valence-corrected chi connectivity index (χ4v) is 2.85. The Balaban J connectivity index is 1.86. The van der Waals surface area contributed by atoms with Gasteiger partial charge in [-0.05, 0) is 55.0 Å². The molecule has 0 aliphatic heterocycles. The lowest BCUT2D eigenvalue weighted by molar-refractivity contribution is -0.0498. The molecule has 0 atom stereocenters. The van der Waals surface area contributed by atoms with Crippen LogP contribution in [0.15, 0.2) is 54.7 Å². The molecular formula is C22H22F2N4O5. The van der Waals surface area contributed by atoms with E-state index in [-0.39, 0.29) is 36.1 Å². The molecule has 0 saturated heterocycles. The summed E-state index contributed by atoms with van der Waals surface area (Å²) in [6.07, 6.45) is 1.85. The van der Waals surface area contributed by atoms with Crippen molar-refractivity contribution in [1.82, 2.24) is 14.9 Å². The van der Waals surface area contributed by atoms with Gasteiger partial charge in [0.1, 0.15) is 17.2 Å². The summed E-state index contributed by atoms with van der Waals surface area (Å²) < 4.78 is 35.6. The number of rotatable bonds is 10. The first-order valence-electron chi connectivity index (χ1n) is 9.90. The SMILES string of the molecule is COc1ccc(-n2cc(C(=O)NCCCO)nc2NC(=O)c2ccc(OC(F)F)cc2)cc1. The van der Waals surface area contributed by atoms with E-state index in [1.54, 1.807) is 24.3 Å². The minimum Gasteiger partial charge on any atom is -0.497 e. The number of benzene rings is 2. The summed E-state index contributed by atoms with van der Waals surface area (Å²) in [4.78, 5) is 29.4. The van der Waals surface area contributed by atoms with E-state index < -0.39 is 18.4 Å². The largest absolute Gasteiger partial charge is 0.497 e. The number of aliphatic hydroxyl groups excluding tert-OH is 1. The van der Waals surface area contributed by atoms with Crippen LogP contribution in [-0.4, -0.2) is 53.3 Å². The van der Waals surface area contributed by atoms with Crippen LogP contribution < -0.4 is 20.1 Å². The molecule has 33 heavy (non-hydrogen) atoms. The molecule has 1 heterocycles. The number of methoxy groups -OCH3 is 1. The number of aliphatic hydroxyl groups is 1. The van der Waals surface area contributed by atoms with Crippen molar-refractivity contribution in [1.29, 1.82) is 0 Å². The molecule has 0 aliphatic rings. The van der Waals surface area contributed by atoms with Gasteiger partial charge < -0.3 is 19.9 Å². The number of aromatic nitrogens is 2. The van der Waals surface area contributed by atoms with Gasteiger partial charge in [0.2, 0.25) is 5.95 Å². The van der Waals surface area contributed by atoms with Crippen molar-refractivity contribution in [3.63, 3.8) is 0 Å². The first kappa shape index (κ1) is 23.7. The zero-order chi connectivity index (χ0) is 23.8. The monoisotopic (exact) mass is 460 g/mol. The second kappa shape index (κ2) is 11.0. The minimum absolute atomic E-state index is 0.0553. The smallest absolute Gasteiger partial charge is 0.387 e. The molecule has 174 valence electrons. The fourth-order valence-electron chi connectivity index (χ4n) is 2.85. The number of alkyl halides is 2. The molecular weight excluding hydrogens is 438 g/mol.